The van der Waals surface area contributed by atoms with E-state index >= 15 is 0 Å². The number of thiol groups is 1. The lowest BCUT2D eigenvalue weighted by atomic mass is 9.88. The number of nitrogens with zero attached hydrogens (tertiary/aromatic N) is 5. The summed E-state index contributed by atoms with van der Waals surface area (Å²) in [5.74, 6) is -1.58. The molecule has 0 saturated carbocycles. The molecular weight excluding hydrogens is 357 g/mol. The van der Waals surface area contributed by atoms with Crippen LogP contribution in [0.15, 0.2) is 12.1 Å². The lowest BCUT2D eigenvalue weighted by Crippen LogP contribution is -2.52. The fourth-order valence-corrected chi connectivity index (χ4v) is 3.53. The van der Waals surface area contributed by atoms with Crippen LogP contribution in [0.25, 0.3) is 5.65 Å². The molecule has 136 valence electrons. The van der Waals surface area contributed by atoms with Crippen molar-refractivity contribution in [2.75, 3.05) is 11.4 Å². The molecule has 0 bridgehead atoms. The largest absolute Gasteiger partial charge is 0.453 e. The van der Waals surface area contributed by atoms with Gasteiger partial charge >= 0.3 is 6.18 Å². The van der Waals surface area contributed by atoms with Gasteiger partial charge in [0.15, 0.2) is 11.5 Å². The van der Waals surface area contributed by atoms with Crippen LogP contribution >= 0.6 is 12.6 Å². The van der Waals surface area contributed by atoms with E-state index in [0.717, 1.165) is 0 Å². The van der Waals surface area contributed by atoms with Crippen molar-refractivity contribution >= 4 is 30.0 Å². The smallest absolute Gasteiger partial charge is 0.369 e. The third kappa shape index (κ3) is 3.12. The Labute approximate surface area is 146 Å². The van der Waals surface area contributed by atoms with Gasteiger partial charge in [0.05, 0.1) is 4.87 Å². The molecule has 3 rings (SSSR count). The number of amides is 1. The maximum absolute atomic E-state index is 13.0. The predicted molar refractivity (Wildman–Crippen MR) is 87.1 cm³/mol. The molecule has 0 aromatic carbocycles. The fourth-order valence-electron chi connectivity index (χ4n) is 3.11. The summed E-state index contributed by atoms with van der Waals surface area (Å²) in [4.78, 5) is 12.6. The molecule has 1 aliphatic heterocycles. The van der Waals surface area contributed by atoms with Crippen molar-refractivity contribution in [1.29, 1.82) is 0 Å². The average Bonchev–Trinajstić information content (AvgIpc) is 2.97. The number of carbonyl (C=O) groups excluding carboxylic acids is 1. The topological polar surface area (TPSA) is 89.4 Å². The van der Waals surface area contributed by atoms with Crippen molar-refractivity contribution in [1.82, 2.24) is 19.8 Å². The number of hydrogen-bond donors (Lipinski definition) is 2. The van der Waals surface area contributed by atoms with Crippen LogP contribution in [0, 0.1) is 5.92 Å². The lowest BCUT2D eigenvalue weighted by Gasteiger charge is -2.46. The molecular formula is C14H17F3N6OS. The lowest BCUT2D eigenvalue weighted by molar-refractivity contribution is -0.146. The molecule has 25 heavy (non-hydrogen) atoms. The SMILES string of the molecule is CCC1(S)CC(C(N)=O)CCN1c1ccc2nnc(C(F)(F)F)n2n1. The molecule has 7 nitrogen and oxygen atoms in total. The van der Waals surface area contributed by atoms with Crippen molar-refractivity contribution < 1.29 is 18.0 Å². The fraction of sp³-hybridized carbons (Fsp3) is 0.571. The van der Waals surface area contributed by atoms with Gasteiger partial charge in [-0.3, -0.25) is 4.79 Å². The summed E-state index contributed by atoms with van der Waals surface area (Å²) < 4.78 is 39.8. The molecule has 11 heteroatoms. The average molecular weight is 374 g/mol. The molecule has 2 aromatic rings. The molecule has 1 aliphatic rings. The van der Waals surface area contributed by atoms with E-state index in [2.05, 4.69) is 27.9 Å². The summed E-state index contributed by atoms with van der Waals surface area (Å²) in [6, 6.07) is 3.00. The van der Waals surface area contributed by atoms with Gasteiger partial charge in [0.2, 0.25) is 5.91 Å². The van der Waals surface area contributed by atoms with Gasteiger partial charge in [0.25, 0.3) is 5.82 Å². The number of primary amides is 1. The Balaban J connectivity index is 2.02. The molecule has 1 amide bonds. The van der Waals surface area contributed by atoms with E-state index in [1.165, 1.54) is 6.07 Å². The van der Waals surface area contributed by atoms with E-state index in [0.29, 0.717) is 36.1 Å². The van der Waals surface area contributed by atoms with Gasteiger partial charge in [-0.25, -0.2) is 0 Å². The van der Waals surface area contributed by atoms with Crippen LogP contribution in [-0.2, 0) is 11.0 Å². The van der Waals surface area contributed by atoms with Gasteiger partial charge in [0, 0.05) is 12.5 Å². The molecule has 2 aromatic heterocycles. The quantitative estimate of drug-likeness (QED) is 0.801. The Bertz CT molecular complexity index is 809. The van der Waals surface area contributed by atoms with Gasteiger partial charge in [-0.1, -0.05) is 6.92 Å². The molecule has 0 radical (unpaired) electrons. The molecule has 1 saturated heterocycles. The number of anilines is 1. The maximum atomic E-state index is 13.0. The van der Waals surface area contributed by atoms with Crippen LogP contribution in [-0.4, -0.2) is 37.1 Å². The van der Waals surface area contributed by atoms with Gasteiger partial charge in [-0.05, 0) is 31.4 Å². The molecule has 3 heterocycles. The highest BCUT2D eigenvalue weighted by Gasteiger charge is 2.42. The van der Waals surface area contributed by atoms with Crippen LogP contribution in [0.3, 0.4) is 0 Å². The van der Waals surface area contributed by atoms with E-state index in [9.17, 15) is 18.0 Å². The number of halogens is 3. The normalized spacial score (nSPS) is 24.7. The summed E-state index contributed by atoms with van der Waals surface area (Å²) in [7, 11) is 0. The van der Waals surface area contributed by atoms with Crippen LogP contribution in [0.4, 0.5) is 19.0 Å². The molecule has 2 N–H and O–H groups in total. The highest BCUT2D eigenvalue weighted by Crippen LogP contribution is 2.40. The zero-order valence-corrected chi connectivity index (χ0v) is 14.3. The van der Waals surface area contributed by atoms with Gasteiger partial charge < -0.3 is 10.6 Å². The minimum absolute atomic E-state index is 0.00404. The highest BCUT2D eigenvalue weighted by molar-refractivity contribution is 7.82. The third-order valence-electron chi connectivity index (χ3n) is 4.52. The molecule has 2 unspecified atom stereocenters. The summed E-state index contributed by atoms with van der Waals surface area (Å²) in [5, 5.41) is 10.7. The monoisotopic (exact) mass is 374 g/mol. The minimum Gasteiger partial charge on any atom is -0.369 e. The molecule has 0 spiro atoms. The predicted octanol–water partition coefficient (Wildman–Crippen LogP) is 1.88. The number of piperidine rings is 1. The van der Waals surface area contributed by atoms with Crippen LogP contribution in [0.5, 0.6) is 0 Å². The first kappa shape index (κ1) is 17.8. The number of alkyl halides is 3. The van der Waals surface area contributed by atoms with Gasteiger partial charge in [-0.2, -0.15) is 30.3 Å². The second-order valence-electron chi connectivity index (χ2n) is 6.06. The van der Waals surface area contributed by atoms with Gasteiger partial charge in [0.1, 0.15) is 0 Å². The zero-order chi connectivity index (χ0) is 18.4. The van der Waals surface area contributed by atoms with Crippen LogP contribution in [0.1, 0.15) is 32.0 Å². The van der Waals surface area contributed by atoms with Crippen molar-refractivity contribution in [3.05, 3.63) is 18.0 Å². The van der Waals surface area contributed by atoms with E-state index in [-0.39, 0.29) is 11.6 Å². The van der Waals surface area contributed by atoms with Gasteiger partial charge in [-0.15, -0.1) is 15.3 Å². The Morgan fingerprint density at radius 1 is 1.44 bits per heavy atom. The number of rotatable bonds is 3. The highest BCUT2D eigenvalue weighted by atomic mass is 32.1. The van der Waals surface area contributed by atoms with Crippen molar-refractivity contribution in [3.8, 4) is 0 Å². The number of fused-ring (bicyclic) bond motifs is 1. The Kier molecular flexibility index (Phi) is 4.30. The third-order valence-corrected chi connectivity index (χ3v) is 5.26. The standard InChI is InChI=1S/C14H17F3N6OS/c1-2-13(25)7-8(11(18)24)5-6-22(13)10-4-3-9-19-20-12(14(15,16)17)23(9)21-10/h3-4,8,25H,2,5-7H2,1H3,(H2,18,24). The van der Waals surface area contributed by atoms with E-state index in [1.807, 2.05) is 6.92 Å². The summed E-state index contributed by atoms with van der Waals surface area (Å²) in [6.07, 6.45) is -3.21. The number of hydrogen-bond acceptors (Lipinski definition) is 6. The first-order valence-electron chi connectivity index (χ1n) is 7.74. The molecule has 2 atom stereocenters. The zero-order valence-electron chi connectivity index (χ0n) is 13.4. The summed E-state index contributed by atoms with van der Waals surface area (Å²) in [6.45, 7) is 2.30. The Hall–Kier alpha value is -2.04. The second-order valence-corrected chi connectivity index (χ2v) is 6.90. The van der Waals surface area contributed by atoms with E-state index in [1.54, 1.807) is 11.0 Å². The number of nitrogens with two attached hydrogens (primary N) is 1. The Morgan fingerprint density at radius 3 is 2.76 bits per heavy atom. The van der Waals surface area contributed by atoms with Crippen molar-refractivity contribution in [2.24, 2.45) is 11.7 Å². The first-order valence-corrected chi connectivity index (χ1v) is 8.19. The van der Waals surface area contributed by atoms with Crippen LogP contribution in [0.2, 0.25) is 0 Å². The van der Waals surface area contributed by atoms with E-state index < -0.39 is 22.8 Å². The Morgan fingerprint density at radius 2 is 2.16 bits per heavy atom. The second kappa shape index (κ2) is 6.04. The number of carbonyl (C=O) groups is 1. The molecule has 0 aliphatic carbocycles. The van der Waals surface area contributed by atoms with E-state index in [4.69, 9.17) is 5.73 Å². The minimum atomic E-state index is -4.66. The van der Waals surface area contributed by atoms with Crippen molar-refractivity contribution in [2.45, 2.75) is 37.2 Å². The summed E-state index contributed by atoms with van der Waals surface area (Å²) in [5.41, 5.74) is 5.41. The summed E-state index contributed by atoms with van der Waals surface area (Å²) >= 11 is 4.69. The van der Waals surface area contributed by atoms with Crippen LogP contribution < -0.4 is 10.6 Å². The first-order chi connectivity index (χ1) is 11.7. The number of aromatic nitrogens is 4. The van der Waals surface area contributed by atoms with Crippen molar-refractivity contribution in [3.63, 3.8) is 0 Å². The molecule has 1 fully saturated rings. The maximum Gasteiger partial charge on any atom is 0.453 e.